The molecule has 1 saturated heterocycles. The fourth-order valence-corrected chi connectivity index (χ4v) is 11.0. The Kier molecular flexibility index (Phi) is 7.15. The Hall–Kier alpha value is -1.18. The summed E-state index contributed by atoms with van der Waals surface area (Å²) in [6.45, 7) is 13.3. The molecule has 0 aromatic heterocycles. The van der Waals surface area contributed by atoms with Gasteiger partial charge in [0.2, 0.25) is 8.32 Å². The predicted octanol–water partition coefficient (Wildman–Crippen LogP) is 4.36. The van der Waals surface area contributed by atoms with E-state index in [1.54, 1.807) is 7.11 Å². The summed E-state index contributed by atoms with van der Waals surface area (Å²) in [4.78, 5) is 30.9. The summed E-state index contributed by atoms with van der Waals surface area (Å²) in [7, 11) is 0.847. The van der Waals surface area contributed by atoms with Crippen molar-refractivity contribution in [2.45, 2.75) is 95.5 Å². The monoisotopic (exact) mass is 411 g/mol. The molecule has 0 saturated carbocycles. The molecular weight excluding hydrogens is 374 g/mol. The van der Waals surface area contributed by atoms with Crippen LogP contribution in [0.1, 0.15) is 67.2 Å². The number of ether oxygens (including phenoxy) is 1. The van der Waals surface area contributed by atoms with E-state index in [-0.39, 0.29) is 11.7 Å². The second kappa shape index (κ2) is 8.67. The van der Waals surface area contributed by atoms with Gasteiger partial charge < -0.3 is 9.16 Å². The van der Waals surface area contributed by atoms with E-state index < -0.39 is 20.0 Å². The van der Waals surface area contributed by atoms with Crippen LogP contribution < -0.4 is 0 Å². The summed E-state index contributed by atoms with van der Waals surface area (Å²) >= 11 is 0. The maximum atomic E-state index is 13.4. The molecule has 1 spiro atoms. The molecule has 0 aromatic rings. The van der Waals surface area contributed by atoms with E-state index in [9.17, 15) is 9.59 Å². The second-order valence-electron chi connectivity index (χ2n) is 8.99. The average Bonchev–Trinajstić information content (AvgIpc) is 2.62. The van der Waals surface area contributed by atoms with Gasteiger partial charge in [0.25, 0.3) is 5.91 Å². The molecule has 0 N–H and O–H groups in total. The number of amides is 1. The Morgan fingerprint density at radius 3 is 2.07 bits per heavy atom. The zero-order chi connectivity index (χ0) is 21.3. The molecule has 7 heteroatoms. The molecule has 2 aliphatic rings. The summed E-state index contributed by atoms with van der Waals surface area (Å²) < 4.78 is 12.3. The normalized spacial score (nSPS) is 26.6. The summed E-state index contributed by atoms with van der Waals surface area (Å²) in [5, 5.41) is 1.42. The van der Waals surface area contributed by atoms with Crippen LogP contribution in [-0.2, 0) is 23.6 Å². The molecule has 28 heavy (non-hydrogen) atoms. The van der Waals surface area contributed by atoms with Crippen LogP contribution in [0.4, 0.5) is 0 Å². The van der Waals surface area contributed by atoms with Crippen molar-refractivity contribution in [1.29, 1.82) is 0 Å². The molecule has 1 amide bonds. The fraction of sp³-hybridized carbons (Fsp3) is 0.810. The summed E-state index contributed by atoms with van der Waals surface area (Å²) in [6, 6.07) is 0. The summed E-state index contributed by atoms with van der Waals surface area (Å²) in [5.74, 6) is 0.373. The number of ketones is 1. The highest BCUT2D eigenvalue weighted by Gasteiger charge is 2.55. The standard InChI is InChI=1S/C21H37NO5Si/c1-14(2)28(15(3)4,16(5)6)27-18-10-12-21(22(26-8)20(18)24)11-9-17(23)13-19(21)25-7/h13-16,18H,9-12H2,1-8H3/t18-,21+/m1/s1. The lowest BCUT2D eigenvalue weighted by Crippen LogP contribution is -2.63. The third-order valence-electron chi connectivity index (χ3n) is 6.68. The Bertz CT molecular complexity index is 609. The zero-order valence-electron chi connectivity index (χ0n) is 18.7. The molecule has 160 valence electrons. The van der Waals surface area contributed by atoms with Crippen LogP contribution in [0.15, 0.2) is 11.8 Å². The number of piperidine rings is 1. The summed E-state index contributed by atoms with van der Waals surface area (Å²) in [5.41, 5.74) is 0.475. The number of nitrogens with zero attached hydrogens (tertiary/aromatic N) is 1. The molecule has 0 unspecified atom stereocenters. The van der Waals surface area contributed by atoms with E-state index in [4.69, 9.17) is 14.0 Å². The first kappa shape index (κ1) is 23.1. The predicted molar refractivity (Wildman–Crippen MR) is 111 cm³/mol. The van der Waals surface area contributed by atoms with E-state index >= 15 is 0 Å². The zero-order valence-corrected chi connectivity index (χ0v) is 19.7. The van der Waals surface area contributed by atoms with Crippen molar-refractivity contribution in [3.63, 3.8) is 0 Å². The highest BCUT2D eigenvalue weighted by Crippen LogP contribution is 2.47. The largest absolute Gasteiger partial charge is 0.498 e. The number of methoxy groups -OCH3 is 1. The molecule has 1 aliphatic carbocycles. The van der Waals surface area contributed by atoms with Crippen molar-refractivity contribution < 1.29 is 23.6 Å². The lowest BCUT2D eigenvalue weighted by atomic mass is 9.77. The molecular formula is C21H37NO5Si. The first-order valence-corrected chi connectivity index (χ1v) is 12.6. The molecule has 1 heterocycles. The lowest BCUT2D eigenvalue weighted by molar-refractivity contribution is -0.229. The molecule has 2 atom stereocenters. The van der Waals surface area contributed by atoms with Crippen molar-refractivity contribution in [3.05, 3.63) is 11.8 Å². The van der Waals surface area contributed by atoms with Crippen LogP contribution in [0.5, 0.6) is 0 Å². The minimum Gasteiger partial charge on any atom is -0.498 e. The average molecular weight is 412 g/mol. The Morgan fingerprint density at radius 2 is 1.61 bits per heavy atom. The topological polar surface area (TPSA) is 65.1 Å². The van der Waals surface area contributed by atoms with Gasteiger partial charge in [-0.2, -0.15) is 0 Å². The lowest BCUT2D eigenvalue weighted by Gasteiger charge is -2.51. The maximum absolute atomic E-state index is 13.4. The van der Waals surface area contributed by atoms with E-state index in [2.05, 4.69) is 41.5 Å². The van der Waals surface area contributed by atoms with Crippen molar-refractivity contribution in [2.24, 2.45) is 0 Å². The van der Waals surface area contributed by atoms with Gasteiger partial charge in [0, 0.05) is 12.5 Å². The SMILES string of the molecule is COC1=CC(=O)CC[C@]12CC[C@@H](O[Si](C(C)C)(C(C)C)C(C)C)C(=O)N2OC. The minimum atomic E-state index is -2.20. The first-order valence-electron chi connectivity index (χ1n) is 10.4. The summed E-state index contributed by atoms with van der Waals surface area (Å²) in [6.07, 6.45) is 3.16. The third kappa shape index (κ3) is 3.68. The highest BCUT2D eigenvalue weighted by molar-refractivity contribution is 6.77. The number of hydroxylamine groups is 2. The molecule has 0 radical (unpaired) electrons. The maximum Gasteiger partial charge on any atom is 0.274 e. The smallest absolute Gasteiger partial charge is 0.274 e. The molecule has 0 aromatic carbocycles. The van der Waals surface area contributed by atoms with E-state index in [0.717, 1.165) is 0 Å². The van der Waals surface area contributed by atoms with Gasteiger partial charge in [-0.3, -0.25) is 14.4 Å². The number of rotatable bonds is 7. The third-order valence-corrected chi connectivity index (χ3v) is 12.8. The van der Waals surface area contributed by atoms with Crippen molar-refractivity contribution in [2.75, 3.05) is 14.2 Å². The van der Waals surface area contributed by atoms with E-state index in [0.29, 0.717) is 48.1 Å². The van der Waals surface area contributed by atoms with Gasteiger partial charge in [-0.05, 0) is 35.9 Å². The Balaban J connectivity index is 2.37. The fourth-order valence-electron chi connectivity index (χ4n) is 5.47. The molecule has 2 rings (SSSR count). The van der Waals surface area contributed by atoms with Crippen molar-refractivity contribution >= 4 is 20.0 Å². The number of allylic oxidation sites excluding steroid dienone is 1. The van der Waals surface area contributed by atoms with Gasteiger partial charge in [0.1, 0.15) is 17.4 Å². The highest BCUT2D eigenvalue weighted by atomic mass is 28.4. The molecule has 6 nitrogen and oxygen atoms in total. The van der Waals surface area contributed by atoms with Gasteiger partial charge in [0.15, 0.2) is 5.78 Å². The van der Waals surface area contributed by atoms with Crippen LogP contribution in [0.2, 0.25) is 16.6 Å². The molecule has 0 bridgehead atoms. The van der Waals surface area contributed by atoms with Gasteiger partial charge in [0.05, 0.1) is 14.2 Å². The van der Waals surface area contributed by atoms with Crippen LogP contribution in [0.3, 0.4) is 0 Å². The number of carbonyl (C=O) groups excluding carboxylic acids is 2. The minimum absolute atomic E-state index is 0.0233. The van der Waals surface area contributed by atoms with Gasteiger partial charge in [-0.1, -0.05) is 41.5 Å². The Labute approximate surface area is 170 Å². The van der Waals surface area contributed by atoms with Crippen LogP contribution in [0, 0.1) is 0 Å². The number of hydrogen-bond acceptors (Lipinski definition) is 5. The van der Waals surface area contributed by atoms with Crippen molar-refractivity contribution in [1.82, 2.24) is 5.06 Å². The number of carbonyl (C=O) groups is 2. The number of hydrogen-bond donors (Lipinski definition) is 0. The van der Waals surface area contributed by atoms with E-state index in [1.165, 1.54) is 18.2 Å². The van der Waals surface area contributed by atoms with Gasteiger partial charge in [-0.15, -0.1) is 0 Å². The first-order chi connectivity index (χ1) is 13.1. The van der Waals surface area contributed by atoms with Crippen LogP contribution in [0.25, 0.3) is 0 Å². The quantitative estimate of drug-likeness (QED) is 0.582. The van der Waals surface area contributed by atoms with E-state index in [1.807, 2.05) is 0 Å². The van der Waals surface area contributed by atoms with Crippen LogP contribution in [-0.4, -0.2) is 50.9 Å². The van der Waals surface area contributed by atoms with Gasteiger partial charge in [-0.25, -0.2) is 5.06 Å². The second-order valence-corrected chi connectivity index (χ2v) is 14.4. The Morgan fingerprint density at radius 1 is 1.04 bits per heavy atom. The van der Waals surface area contributed by atoms with Crippen LogP contribution >= 0.6 is 0 Å². The molecule has 1 fully saturated rings. The van der Waals surface area contributed by atoms with Gasteiger partial charge >= 0.3 is 0 Å². The van der Waals surface area contributed by atoms with Crippen molar-refractivity contribution in [3.8, 4) is 0 Å². The molecule has 1 aliphatic heterocycles.